The predicted molar refractivity (Wildman–Crippen MR) is 86.7 cm³/mol. The molecule has 0 bridgehead atoms. The van der Waals surface area contributed by atoms with Gasteiger partial charge in [0.2, 0.25) is 15.9 Å². The summed E-state index contributed by atoms with van der Waals surface area (Å²) >= 11 is 0. The molecule has 1 atom stereocenters. The predicted octanol–water partition coefficient (Wildman–Crippen LogP) is 0.682. The summed E-state index contributed by atoms with van der Waals surface area (Å²) in [7, 11) is -3.14. The third-order valence-electron chi connectivity index (χ3n) is 5.09. The minimum Gasteiger partial charge on any atom is -0.352 e. The third-order valence-corrected chi connectivity index (χ3v) is 6.40. The van der Waals surface area contributed by atoms with Gasteiger partial charge in [-0.05, 0) is 31.6 Å². The highest BCUT2D eigenvalue weighted by molar-refractivity contribution is 7.88. The number of rotatable bonds is 5. The number of nitrogens with one attached hydrogen (secondary N) is 1. The lowest BCUT2D eigenvalue weighted by Gasteiger charge is -2.33. The molecule has 0 aromatic carbocycles. The fourth-order valence-electron chi connectivity index (χ4n) is 3.66. The van der Waals surface area contributed by atoms with Gasteiger partial charge >= 0.3 is 0 Å². The molecule has 1 amide bonds. The van der Waals surface area contributed by atoms with E-state index in [9.17, 15) is 13.2 Å². The molecular weight excluding hydrogens is 302 g/mol. The van der Waals surface area contributed by atoms with Crippen molar-refractivity contribution in [3.63, 3.8) is 0 Å². The van der Waals surface area contributed by atoms with E-state index in [1.807, 2.05) is 0 Å². The Hall–Kier alpha value is -0.660. The number of carbonyl (C=O) groups excluding carboxylic acids is 1. The van der Waals surface area contributed by atoms with Gasteiger partial charge in [-0.3, -0.25) is 4.79 Å². The van der Waals surface area contributed by atoms with Crippen LogP contribution in [0.5, 0.6) is 0 Å². The minimum absolute atomic E-state index is 0.0502. The molecule has 0 spiro atoms. The molecular formula is C15H29N3O3S. The summed E-state index contributed by atoms with van der Waals surface area (Å²) in [6.07, 6.45) is 8.45. The SMILES string of the molecule is CS(=O)(=O)N1CCC(C(=O)NC(CN)C2CCCCC2)CC1. The lowest BCUT2D eigenvalue weighted by molar-refractivity contribution is -0.127. The molecule has 22 heavy (non-hydrogen) atoms. The molecule has 1 aliphatic heterocycles. The topological polar surface area (TPSA) is 92.5 Å². The van der Waals surface area contributed by atoms with Crippen molar-refractivity contribution in [2.75, 3.05) is 25.9 Å². The highest BCUT2D eigenvalue weighted by atomic mass is 32.2. The molecule has 128 valence electrons. The van der Waals surface area contributed by atoms with Gasteiger partial charge in [0, 0.05) is 31.6 Å². The summed E-state index contributed by atoms with van der Waals surface area (Å²) in [4.78, 5) is 12.4. The minimum atomic E-state index is -3.14. The van der Waals surface area contributed by atoms with Gasteiger partial charge in [-0.25, -0.2) is 12.7 Å². The van der Waals surface area contributed by atoms with Gasteiger partial charge in [0.05, 0.1) is 6.26 Å². The summed E-state index contributed by atoms with van der Waals surface area (Å²) in [6, 6.07) is 0.0701. The number of piperidine rings is 1. The summed E-state index contributed by atoms with van der Waals surface area (Å²) in [5.74, 6) is 0.462. The van der Waals surface area contributed by atoms with E-state index in [2.05, 4.69) is 5.32 Å². The van der Waals surface area contributed by atoms with Crippen LogP contribution in [0.2, 0.25) is 0 Å². The molecule has 2 rings (SSSR count). The van der Waals surface area contributed by atoms with Crippen molar-refractivity contribution in [2.24, 2.45) is 17.6 Å². The van der Waals surface area contributed by atoms with E-state index in [0.29, 0.717) is 38.4 Å². The van der Waals surface area contributed by atoms with Gasteiger partial charge in [-0.2, -0.15) is 0 Å². The Labute approximate surface area is 133 Å². The van der Waals surface area contributed by atoms with Crippen LogP contribution in [0.15, 0.2) is 0 Å². The normalized spacial score (nSPS) is 24.1. The molecule has 1 aliphatic carbocycles. The van der Waals surface area contributed by atoms with Crippen LogP contribution in [0, 0.1) is 11.8 Å². The first-order valence-corrected chi connectivity index (χ1v) is 10.2. The van der Waals surface area contributed by atoms with E-state index in [1.54, 1.807) is 0 Å². The maximum absolute atomic E-state index is 12.4. The number of carbonyl (C=O) groups is 1. The first-order chi connectivity index (χ1) is 10.4. The van der Waals surface area contributed by atoms with Crippen LogP contribution >= 0.6 is 0 Å². The molecule has 1 saturated carbocycles. The van der Waals surface area contributed by atoms with Crippen LogP contribution < -0.4 is 11.1 Å². The van der Waals surface area contributed by atoms with Crippen molar-refractivity contribution in [1.29, 1.82) is 0 Å². The Kier molecular flexibility index (Phi) is 6.23. The molecule has 0 aromatic rings. The van der Waals surface area contributed by atoms with Gasteiger partial charge in [-0.1, -0.05) is 19.3 Å². The summed E-state index contributed by atoms with van der Waals surface area (Å²) in [5.41, 5.74) is 5.86. The highest BCUT2D eigenvalue weighted by Gasteiger charge is 2.31. The van der Waals surface area contributed by atoms with Crippen LogP contribution in [0.4, 0.5) is 0 Å². The molecule has 2 aliphatic rings. The second-order valence-corrected chi connectivity index (χ2v) is 8.67. The zero-order valence-electron chi connectivity index (χ0n) is 13.5. The first-order valence-electron chi connectivity index (χ1n) is 8.37. The third kappa shape index (κ3) is 4.67. The van der Waals surface area contributed by atoms with Crippen LogP contribution in [0.1, 0.15) is 44.9 Å². The largest absolute Gasteiger partial charge is 0.352 e. The molecule has 1 saturated heterocycles. The average Bonchev–Trinajstić information content (AvgIpc) is 2.52. The average molecular weight is 331 g/mol. The Bertz CT molecular complexity index is 466. The quantitative estimate of drug-likeness (QED) is 0.775. The molecule has 3 N–H and O–H groups in total. The number of hydrogen-bond donors (Lipinski definition) is 2. The van der Waals surface area contributed by atoms with E-state index in [0.717, 1.165) is 12.8 Å². The first kappa shape index (κ1) is 17.7. The summed E-state index contributed by atoms with van der Waals surface area (Å²) in [6.45, 7) is 1.36. The molecule has 1 unspecified atom stereocenters. The molecule has 6 nitrogen and oxygen atoms in total. The molecule has 7 heteroatoms. The zero-order valence-corrected chi connectivity index (χ0v) is 14.3. The smallest absolute Gasteiger partial charge is 0.223 e. The molecule has 0 radical (unpaired) electrons. The Morgan fingerprint density at radius 3 is 2.27 bits per heavy atom. The van der Waals surface area contributed by atoms with Crippen molar-refractivity contribution in [3.05, 3.63) is 0 Å². The Morgan fingerprint density at radius 2 is 1.77 bits per heavy atom. The Balaban J connectivity index is 1.84. The van der Waals surface area contributed by atoms with Crippen molar-refractivity contribution in [3.8, 4) is 0 Å². The van der Waals surface area contributed by atoms with Gasteiger partial charge in [0.1, 0.15) is 0 Å². The van der Waals surface area contributed by atoms with Gasteiger partial charge < -0.3 is 11.1 Å². The fourth-order valence-corrected chi connectivity index (χ4v) is 4.53. The lowest BCUT2D eigenvalue weighted by Crippen LogP contribution is -2.50. The summed E-state index contributed by atoms with van der Waals surface area (Å²) in [5, 5.41) is 3.13. The van der Waals surface area contributed by atoms with E-state index >= 15 is 0 Å². The monoisotopic (exact) mass is 331 g/mol. The number of amides is 1. The van der Waals surface area contributed by atoms with E-state index < -0.39 is 10.0 Å². The van der Waals surface area contributed by atoms with Crippen molar-refractivity contribution in [2.45, 2.75) is 51.0 Å². The lowest BCUT2D eigenvalue weighted by atomic mass is 9.83. The maximum Gasteiger partial charge on any atom is 0.223 e. The van der Waals surface area contributed by atoms with Crippen LogP contribution in [-0.4, -0.2) is 50.6 Å². The van der Waals surface area contributed by atoms with Gasteiger partial charge in [0.15, 0.2) is 0 Å². The second kappa shape index (κ2) is 7.75. The Morgan fingerprint density at radius 1 is 1.18 bits per heavy atom. The van der Waals surface area contributed by atoms with E-state index in [1.165, 1.54) is 29.8 Å². The van der Waals surface area contributed by atoms with Crippen molar-refractivity contribution >= 4 is 15.9 Å². The number of sulfonamides is 1. The van der Waals surface area contributed by atoms with Crippen LogP contribution in [-0.2, 0) is 14.8 Å². The van der Waals surface area contributed by atoms with Gasteiger partial charge in [0.25, 0.3) is 0 Å². The highest BCUT2D eigenvalue weighted by Crippen LogP contribution is 2.27. The number of nitrogens with zero attached hydrogens (tertiary/aromatic N) is 1. The van der Waals surface area contributed by atoms with Gasteiger partial charge in [-0.15, -0.1) is 0 Å². The molecule has 1 heterocycles. The van der Waals surface area contributed by atoms with Crippen LogP contribution in [0.3, 0.4) is 0 Å². The fraction of sp³-hybridized carbons (Fsp3) is 0.933. The van der Waals surface area contributed by atoms with Crippen LogP contribution in [0.25, 0.3) is 0 Å². The second-order valence-electron chi connectivity index (χ2n) is 6.69. The summed E-state index contributed by atoms with van der Waals surface area (Å²) < 4.78 is 24.5. The number of nitrogens with two attached hydrogens (primary N) is 1. The maximum atomic E-state index is 12.4. The molecule has 0 aromatic heterocycles. The zero-order chi connectivity index (χ0) is 16.2. The molecule has 2 fully saturated rings. The number of hydrogen-bond acceptors (Lipinski definition) is 4. The van der Waals surface area contributed by atoms with Crippen molar-refractivity contribution in [1.82, 2.24) is 9.62 Å². The van der Waals surface area contributed by atoms with Crippen molar-refractivity contribution < 1.29 is 13.2 Å². The van der Waals surface area contributed by atoms with E-state index in [4.69, 9.17) is 5.73 Å². The standard InChI is InChI=1S/C15H29N3O3S/c1-22(20,21)18-9-7-13(8-10-18)15(19)17-14(11-16)12-5-3-2-4-6-12/h12-14H,2-11,16H2,1H3,(H,17,19). The van der Waals surface area contributed by atoms with E-state index in [-0.39, 0.29) is 17.9 Å².